The summed E-state index contributed by atoms with van der Waals surface area (Å²) in [5.41, 5.74) is 2.51. The van der Waals surface area contributed by atoms with Gasteiger partial charge in [-0.05, 0) is 31.5 Å². The minimum absolute atomic E-state index is 0.0977. The van der Waals surface area contributed by atoms with Crippen LogP contribution in [0.3, 0.4) is 0 Å². The summed E-state index contributed by atoms with van der Waals surface area (Å²) in [6.45, 7) is 3.89. The van der Waals surface area contributed by atoms with Gasteiger partial charge in [0.1, 0.15) is 0 Å². The number of nitro groups is 1. The number of non-ortho nitro benzene ring substituents is 1. The number of carbonyl (C=O) groups excluding carboxylic acids is 1. The summed E-state index contributed by atoms with van der Waals surface area (Å²) in [6.07, 6.45) is 0. The fourth-order valence-electron chi connectivity index (χ4n) is 1.93. The van der Waals surface area contributed by atoms with Gasteiger partial charge in [-0.2, -0.15) is 0 Å². The minimum Gasteiger partial charge on any atom is -0.346 e. The Labute approximate surface area is 122 Å². The van der Waals surface area contributed by atoms with Crippen molar-refractivity contribution >= 4 is 11.6 Å². The Balaban J connectivity index is 2.13. The molecule has 21 heavy (non-hydrogen) atoms. The van der Waals surface area contributed by atoms with E-state index in [0.29, 0.717) is 11.1 Å². The summed E-state index contributed by atoms with van der Waals surface area (Å²) >= 11 is 0. The van der Waals surface area contributed by atoms with Gasteiger partial charge in [0.25, 0.3) is 11.6 Å². The quantitative estimate of drug-likeness (QED) is 0.691. The molecule has 0 aliphatic heterocycles. The van der Waals surface area contributed by atoms with Crippen LogP contribution < -0.4 is 5.32 Å². The third-order valence-electron chi connectivity index (χ3n) is 3.05. The zero-order valence-corrected chi connectivity index (χ0v) is 11.8. The van der Waals surface area contributed by atoms with Gasteiger partial charge in [0, 0.05) is 23.4 Å². The first-order valence-electron chi connectivity index (χ1n) is 6.43. The Hall–Kier alpha value is -2.76. The van der Waals surface area contributed by atoms with E-state index in [-0.39, 0.29) is 18.1 Å². The van der Waals surface area contributed by atoms with Gasteiger partial charge in [-0.3, -0.25) is 19.9 Å². The Morgan fingerprint density at radius 2 is 2.05 bits per heavy atom. The first-order chi connectivity index (χ1) is 9.97. The summed E-state index contributed by atoms with van der Waals surface area (Å²) in [7, 11) is 0. The molecule has 2 aromatic rings. The average Bonchev–Trinajstić information content (AvgIpc) is 2.45. The lowest BCUT2D eigenvalue weighted by atomic mass is 10.1. The van der Waals surface area contributed by atoms with Crippen molar-refractivity contribution in [3.05, 3.63) is 69.0 Å². The minimum atomic E-state index is -0.516. The average molecular weight is 285 g/mol. The monoisotopic (exact) mass is 285 g/mol. The molecule has 0 aliphatic rings. The van der Waals surface area contributed by atoms with Gasteiger partial charge >= 0.3 is 0 Å². The topological polar surface area (TPSA) is 85.1 Å². The normalized spacial score (nSPS) is 10.2. The number of carbonyl (C=O) groups is 1. The van der Waals surface area contributed by atoms with E-state index in [1.165, 1.54) is 12.1 Å². The highest BCUT2D eigenvalue weighted by Crippen LogP contribution is 2.17. The summed E-state index contributed by atoms with van der Waals surface area (Å²) in [4.78, 5) is 26.7. The second kappa shape index (κ2) is 6.13. The number of rotatable bonds is 4. The zero-order valence-electron chi connectivity index (χ0n) is 11.8. The standard InChI is InChI=1S/C15H15N3O3/c1-10-6-7-13(18(20)21)8-14(10)15(19)16-9-12-5-3-4-11(2)17-12/h3-8H,9H2,1-2H3,(H,16,19). The molecule has 0 fully saturated rings. The van der Waals surface area contributed by atoms with Gasteiger partial charge in [0.15, 0.2) is 0 Å². The van der Waals surface area contributed by atoms with Crippen LogP contribution in [-0.4, -0.2) is 15.8 Å². The van der Waals surface area contributed by atoms with E-state index in [1.54, 1.807) is 13.0 Å². The van der Waals surface area contributed by atoms with Crippen LogP contribution in [0.5, 0.6) is 0 Å². The maximum absolute atomic E-state index is 12.1. The Morgan fingerprint density at radius 1 is 1.29 bits per heavy atom. The molecule has 2 rings (SSSR count). The van der Waals surface area contributed by atoms with Crippen LogP contribution in [-0.2, 0) is 6.54 Å². The number of hydrogen-bond donors (Lipinski definition) is 1. The fourth-order valence-corrected chi connectivity index (χ4v) is 1.93. The molecule has 1 N–H and O–H groups in total. The van der Waals surface area contributed by atoms with Crippen LogP contribution in [0.4, 0.5) is 5.69 Å². The van der Waals surface area contributed by atoms with Crippen molar-refractivity contribution in [2.24, 2.45) is 0 Å². The number of nitrogens with zero attached hydrogens (tertiary/aromatic N) is 2. The van der Waals surface area contributed by atoms with Gasteiger partial charge < -0.3 is 5.32 Å². The first-order valence-corrected chi connectivity index (χ1v) is 6.43. The molecule has 6 heteroatoms. The van der Waals surface area contributed by atoms with Gasteiger partial charge in [0.2, 0.25) is 0 Å². The smallest absolute Gasteiger partial charge is 0.270 e. The van der Waals surface area contributed by atoms with Crippen molar-refractivity contribution in [3.8, 4) is 0 Å². The van der Waals surface area contributed by atoms with Gasteiger partial charge in [0.05, 0.1) is 17.2 Å². The zero-order chi connectivity index (χ0) is 15.4. The number of nitro benzene ring substituents is 1. The summed E-state index contributed by atoms with van der Waals surface area (Å²) in [6, 6.07) is 9.78. The molecule has 6 nitrogen and oxygen atoms in total. The number of amides is 1. The van der Waals surface area contributed by atoms with Gasteiger partial charge in [-0.15, -0.1) is 0 Å². The van der Waals surface area contributed by atoms with Crippen LogP contribution in [0.1, 0.15) is 27.3 Å². The molecule has 0 aliphatic carbocycles. The third-order valence-corrected chi connectivity index (χ3v) is 3.05. The highest BCUT2D eigenvalue weighted by molar-refractivity contribution is 5.96. The lowest BCUT2D eigenvalue weighted by Gasteiger charge is -2.07. The van der Waals surface area contributed by atoms with Crippen molar-refractivity contribution in [2.45, 2.75) is 20.4 Å². The fraction of sp³-hybridized carbons (Fsp3) is 0.200. The molecule has 0 spiro atoms. The second-order valence-electron chi connectivity index (χ2n) is 4.71. The van der Waals surface area contributed by atoms with E-state index in [0.717, 1.165) is 11.4 Å². The predicted molar refractivity (Wildman–Crippen MR) is 78.0 cm³/mol. The molecule has 0 saturated heterocycles. The van der Waals surface area contributed by atoms with Gasteiger partial charge in [-0.25, -0.2) is 0 Å². The Morgan fingerprint density at radius 3 is 2.71 bits per heavy atom. The molecule has 1 aromatic carbocycles. The van der Waals surface area contributed by atoms with Crippen molar-refractivity contribution < 1.29 is 9.72 Å². The maximum atomic E-state index is 12.1. The van der Waals surface area contributed by atoms with Crippen LogP contribution in [0.15, 0.2) is 36.4 Å². The lowest BCUT2D eigenvalue weighted by Crippen LogP contribution is -2.24. The number of benzene rings is 1. The van der Waals surface area contributed by atoms with Crippen molar-refractivity contribution in [2.75, 3.05) is 0 Å². The molecule has 108 valence electrons. The molecule has 0 bridgehead atoms. The summed E-state index contributed by atoms with van der Waals surface area (Å²) in [5, 5.41) is 13.5. The molecular weight excluding hydrogens is 270 g/mol. The third kappa shape index (κ3) is 3.62. The van der Waals surface area contributed by atoms with Crippen molar-refractivity contribution in [1.82, 2.24) is 10.3 Å². The van der Waals surface area contributed by atoms with Crippen LogP contribution in [0.25, 0.3) is 0 Å². The molecule has 1 heterocycles. The number of pyridine rings is 1. The van der Waals surface area contributed by atoms with E-state index < -0.39 is 4.92 Å². The first kappa shape index (κ1) is 14.6. The maximum Gasteiger partial charge on any atom is 0.270 e. The number of nitrogens with one attached hydrogen (secondary N) is 1. The van der Waals surface area contributed by atoms with E-state index in [2.05, 4.69) is 10.3 Å². The Kier molecular flexibility index (Phi) is 4.27. The summed E-state index contributed by atoms with van der Waals surface area (Å²) < 4.78 is 0. The number of aryl methyl sites for hydroxylation is 2. The van der Waals surface area contributed by atoms with Gasteiger partial charge in [-0.1, -0.05) is 12.1 Å². The van der Waals surface area contributed by atoms with E-state index in [9.17, 15) is 14.9 Å². The predicted octanol–water partition coefficient (Wildman–Crippen LogP) is 2.54. The van der Waals surface area contributed by atoms with Crippen LogP contribution >= 0.6 is 0 Å². The molecule has 0 atom stereocenters. The van der Waals surface area contributed by atoms with Crippen LogP contribution in [0.2, 0.25) is 0 Å². The van der Waals surface area contributed by atoms with Crippen LogP contribution in [0, 0.1) is 24.0 Å². The SMILES string of the molecule is Cc1cccc(CNC(=O)c2cc([N+](=O)[O-])ccc2C)n1. The van der Waals surface area contributed by atoms with E-state index >= 15 is 0 Å². The van der Waals surface area contributed by atoms with Crippen molar-refractivity contribution in [3.63, 3.8) is 0 Å². The van der Waals surface area contributed by atoms with E-state index in [1.807, 2.05) is 25.1 Å². The molecular formula is C15H15N3O3. The van der Waals surface area contributed by atoms with E-state index in [4.69, 9.17) is 0 Å². The molecule has 1 amide bonds. The molecule has 1 aromatic heterocycles. The summed E-state index contributed by atoms with van der Waals surface area (Å²) in [5.74, 6) is -0.348. The van der Waals surface area contributed by atoms with Crippen molar-refractivity contribution in [1.29, 1.82) is 0 Å². The largest absolute Gasteiger partial charge is 0.346 e. The molecule has 0 unspecified atom stereocenters. The second-order valence-corrected chi connectivity index (χ2v) is 4.71. The highest BCUT2D eigenvalue weighted by atomic mass is 16.6. The Bertz CT molecular complexity index is 698. The highest BCUT2D eigenvalue weighted by Gasteiger charge is 2.14. The number of aromatic nitrogens is 1. The molecule has 0 radical (unpaired) electrons. The lowest BCUT2D eigenvalue weighted by molar-refractivity contribution is -0.384. The molecule has 0 saturated carbocycles. The number of hydrogen-bond acceptors (Lipinski definition) is 4.